The van der Waals surface area contributed by atoms with Crippen LogP contribution in [0.5, 0.6) is 11.5 Å². The van der Waals surface area contributed by atoms with Crippen LogP contribution in [0.25, 0.3) is 0 Å². The first kappa shape index (κ1) is 15.0. The Bertz CT molecular complexity index is 669. The Hall–Kier alpha value is -2.40. The molecular formula is C16H18N2O3. The van der Waals surface area contributed by atoms with Gasteiger partial charge in [0.15, 0.2) is 0 Å². The fourth-order valence-corrected chi connectivity index (χ4v) is 2.09. The van der Waals surface area contributed by atoms with Crippen LogP contribution in [-0.2, 0) is 6.54 Å². The van der Waals surface area contributed by atoms with E-state index >= 15 is 0 Å². The minimum Gasteiger partial charge on any atom is -0.450 e. The second-order valence-electron chi connectivity index (χ2n) is 4.91. The summed E-state index contributed by atoms with van der Waals surface area (Å²) in [5.74, 6) is 0.937. The Labute approximate surface area is 123 Å². The highest BCUT2D eigenvalue weighted by atomic mass is 16.6. The third-order valence-electron chi connectivity index (χ3n) is 3.23. The Morgan fingerprint density at radius 2 is 1.95 bits per heavy atom. The summed E-state index contributed by atoms with van der Waals surface area (Å²) >= 11 is 0. The van der Waals surface area contributed by atoms with Crippen molar-refractivity contribution in [2.45, 2.75) is 20.4 Å². The lowest BCUT2D eigenvalue weighted by Gasteiger charge is -2.12. The van der Waals surface area contributed by atoms with Crippen LogP contribution < -0.4 is 10.1 Å². The summed E-state index contributed by atoms with van der Waals surface area (Å²) in [6.07, 6.45) is 0. The molecule has 0 atom stereocenters. The van der Waals surface area contributed by atoms with Crippen molar-refractivity contribution in [1.82, 2.24) is 5.32 Å². The minimum absolute atomic E-state index is 0.0200. The zero-order valence-electron chi connectivity index (χ0n) is 12.3. The van der Waals surface area contributed by atoms with Crippen molar-refractivity contribution in [3.63, 3.8) is 0 Å². The van der Waals surface area contributed by atoms with E-state index in [1.54, 1.807) is 19.1 Å². The van der Waals surface area contributed by atoms with Gasteiger partial charge in [-0.1, -0.05) is 24.3 Å². The van der Waals surface area contributed by atoms with Crippen LogP contribution in [0, 0.1) is 24.0 Å². The van der Waals surface area contributed by atoms with Crippen molar-refractivity contribution in [1.29, 1.82) is 0 Å². The van der Waals surface area contributed by atoms with Gasteiger partial charge < -0.3 is 10.1 Å². The molecule has 2 rings (SSSR count). The standard InChI is InChI=1S/C16H18N2O3/c1-11-7-8-13(10-17-3)9-15(11)21-16-12(2)5-4-6-14(16)18(19)20/h4-9,17H,10H2,1-3H3. The Kier molecular flexibility index (Phi) is 4.55. The van der Waals surface area contributed by atoms with E-state index in [-0.39, 0.29) is 5.69 Å². The van der Waals surface area contributed by atoms with Crippen molar-refractivity contribution < 1.29 is 9.66 Å². The first-order chi connectivity index (χ1) is 10.0. The summed E-state index contributed by atoms with van der Waals surface area (Å²) in [5, 5.41) is 14.2. The molecule has 0 spiro atoms. The molecule has 0 amide bonds. The van der Waals surface area contributed by atoms with E-state index in [0.29, 0.717) is 18.0 Å². The lowest BCUT2D eigenvalue weighted by Crippen LogP contribution is -2.05. The summed E-state index contributed by atoms with van der Waals surface area (Å²) in [4.78, 5) is 10.7. The lowest BCUT2D eigenvalue weighted by atomic mass is 10.1. The van der Waals surface area contributed by atoms with Crippen LogP contribution in [0.4, 0.5) is 5.69 Å². The van der Waals surface area contributed by atoms with Gasteiger partial charge in [0, 0.05) is 12.6 Å². The molecule has 110 valence electrons. The molecule has 2 aromatic carbocycles. The Morgan fingerprint density at radius 1 is 1.19 bits per heavy atom. The quantitative estimate of drug-likeness (QED) is 0.672. The molecule has 2 aromatic rings. The van der Waals surface area contributed by atoms with Crippen LogP contribution in [0.1, 0.15) is 16.7 Å². The second kappa shape index (κ2) is 6.37. The fraction of sp³-hybridized carbons (Fsp3) is 0.250. The van der Waals surface area contributed by atoms with Gasteiger partial charge >= 0.3 is 5.69 Å². The molecular weight excluding hydrogens is 268 g/mol. The monoisotopic (exact) mass is 286 g/mol. The van der Waals surface area contributed by atoms with Gasteiger partial charge in [0.1, 0.15) is 5.75 Å². The number of benzene rings is 2. The molecule has 0 aliphatic rings. The highest BCUT2D eigenvalue weighted by molar-refractivity contribution is 5.54. The van der Waals surface area contributed by atoms with E-state index in [0.717, 1.165) is 16.7 Å². The van der Waals surface area contributed by atoms with Crippen molar-refractivity contribution in [2.24, 2.45) is 0 Å². The average molecular weight is 286 g/mol. The number of nitro benzene ring substituents is 1. The van der Waals surface area contributed by atoms with Crippen LogP contribution in [0.2, 0.25) is 0 Å². The molecule has 0 saturated heterocycles. The maximum absolute atomic E-state index is 11.1. The predicted molar refractivity (Wildman–Crippen MR) is 81.9 cm³/mol. The molecule has 0 bridgehead atoms. The predicted octanol–water partition coefficient (Wildman–Crippen LogP) is 3.72. The number of ether oxygens (including phenoxy) is 1. The number of nitrogens with zero attached hydrogens (tertiary/aromatic N) is 1. The maximum Gasteiger partial charge on any atom is 0.311 e. The molecule has 0 aromatic heterocycles. The van der Waals surface area contributed by atoms with Gasteiger partial charge in [-0.15, -0.1) is 0 Å². The first-order valence-corrected chi connectivity index (χ1v) is 6.69. The molecule has 0 saturated carbocycles. The molecule has 0 radical (unpaired) electrons. The largest absolute Gasteiger partial charge is 0.450 e. The van der Waals surface area contributed by atoms with Crippen LogP contribution >= 0.6 is 0 Å². The molecule has 5 heteroatoms. The minimum atomic E-state index is -0.422. The second-order valence-corrected chi connectivity index (χ2v) is 4.91. The average Bonchev–Trinajstić information content (AvgIpc) is 2.44. The summed E-state index contributed by atoms with van der Waals surface area (Å²) in [6.45, 7) is 4.43. The highest BCUT2D eigenvalue weighted by Gasteiger charge is 2.18. The van der Waals surface area contributed by atoms with E-state index in [1.807, 2.05) is 32.2 Å². The molecule has 0 aliphatic heterocycles. The van der Waals surface area contributed by atoms with Crippen LogP contribution in [0.3, 0.4) is 0 Å². The summed E-state index contributed by atoms with van der Waals surface area (Å²) < 4.78 is 5.85. The lowest BCUT2D eigenvalue weighted by molar-refractivity contribution is -0.385. The molecule has 5 nitrogen and oxygen atoms in total. The first-order valence-electron chi connectivity index (χ1n) is 6.69. The van der Waals surface area contributed by atoms with Gasteiger partial charge in [-0.3, -0.25) is 10.1 Å². The molecule has 0 aliphatic carbocycles. The van der Waals surface area contributed by atoms with Gasteiger partial charge in [-0.25, -0.2) is 0 Å². The zero-order valence-corrected chi connectivity index (χ0v) is 12.3. The van der Waals surface area contributed by atoms with Gasteiger partial charge in [-0.05, 0) is 43.7 Å². The van der Waals surface area contributed by atoms with Gasteiger partial charge in [0.2, 0.25) is 5.75 Å². The number of rotatable bonds is 5. The van der Waals surface area contributed by atoms with Crippen molar-refractivity contribution >= 4 is 5.69 Å². The molecule has 0 unspecified atom stereocenters. The summed E-state index contributed by atoms with van der Waals surface area (Å²) in [7, 11) is 1.87. The van der Waals surface area contributed by atoms with Crippen LogP contribution in [0.15, 0.2) is 36.4 Å². The molecule has 21 heavy (non-hydrogen) atoms. The number of nitrogens with one attached hydrogen (secondary N) is 1. The van der Waals surface area contributed by atoms with Gasteiger partial charge in [0.05, 0.1) is 4.92 Å². The number of nitro groups is 1. The molecule has 0 heterocycles. The summed E-state index contributed by atoms with van der Waals surface area (Å²) in [6, 6.07) is 10.8. The van der Waals surface area contributed by atoms with Crippen LogP contribution in [-0.4, -0.2) is 12.0 Å². The fourth-order valence-electron chi connectivity index (χ4n) is 2.09. The third kappa shape index (κ3) is 3.38. The van der Waals surface area contributed by atoms with E-state index in [4.69, 9.17) is 4.74 Å². The van der Waals surface area contributed by atoms with E-state index in [1.165, 1.54) is 6.07 Å². The Morgan fingerprint density at radius 3 is 2.62 bits per heavy atom. The normalized spacial score (nSPS) is 10.4. The van der Waals surface area contributed by atoms with Crippen molar-refractivity contribution in [3.05, 3.63) is 63.2 Å². The number of hydrogen-bond acceptors (Lipinski definition) is 4. The van der Waals surface area contributed by atoms with Crippen molar-refractivity contribution in [3.8, 4) is 11.5 Å². The van der Waals surface area contributed by atoms with Gasteiger partial charge in [-0.2, -0.15) is 0 Å². The number of para-hydroxylation sites is 1. The topological polar surface area (TPSA) is 64.4 Å². The van der Waals surface area contributed by atoms with E-state index in [9.17, 15) is 10.1 Å². The smallest absolute Gasteiger partial charge is 0.311 e. The SMILES string of the molecule is CNCc1ccc(C)c(Oc2c(C)cccc2[N+](=O)[O-])c1. The number of hydrogen-bond donors (Lipinski definition) is 1. The number of aryl methyl sites for hydroxylation is 2. The zero-order chi connectivity index (χ0) is 15.4. The highest BCUT2D eigenvalue weighted by Crippen LogP contribution is 2.35. The maximum atomic E-state index is 11.1. The van der Waals surface area contributed by atoms with Gasteiger partial charge in [0.25, 0.3) is 0 Å². The molecule has 0 fully saturated rings. The van der Waals surface area contributed by atoms with E-state index < -0.39 is 4.92 Å². The third-order valence-corrected chi connectivity index (χ3v) is 3.23. The van der Waals surface area contributed by atoms with E-state index in [2.05, 4.69) is 5.32 Å². The Balaban J connectivity index is 2.42. The van der Waals surface area contributed by atoms with Crippen molar-refractivity contribution in [2.75, 3.05) is 7.05 Å². The molecule has 1 N–H and O–H groups in total. The summed E-state index contributed by atoms with van der Waals surface area (Å²) in [5.41, 5.74) is 2.72.